The van der Waals surface area contributed by atoms with E-state index in [1.807, 2.05) is 0 Å². The molecule has 2 aliphatic carbocycles. The minimum absolute atomic E-state index is 0.114. The van der Waals surface area contributed by atoms with Crippen LogP contribution in [0.5, 0.6) is 0 Å². The largest absolute Gasteiger partial charge is 0.481 e. The number of benzene rings is 1. The Morgan fingerprint density at radius 2 is 2.20 bits per heavy atom. The van der Waals surface area contributed by atoms with Crippen LogP contribution in [0, 0.1) is 5.92 Å². The number of aliphatic carboxylic acids is 1. The summed E-state index contributed by atoms with van der Waals surface area (Å²) in [5.74, 6) is -0.441. The molecule has 0 aromatic heterocycles. The van der Waals surface area contributed by atoms with Crippen molar-refractivity contribution in [2.45, 2.75) is 31.6 Å². The maximum absolute atomic E-state index is 10.8. The summed E-state index contributed by atoms with van der Waals surface area (Å²) in [7, 11) is 0. The highest BCUT2D eigenvalue weighted by atomic mass is 16.4. The van der Waals surface area contributed by atoms with Crippen molar-refractivity contribution in [3.05, 3.63) is 34.9 Å². The number of fused-ring (bicyclic) bond motifs is 1. The highest BCUT2D eigenvalue weighted by Gasteiger charge is 2.45. The summed E-state index contributed by atoms with van der Waals surface area (Å²) in [6.07, 6.45) is 4.39. The number of carboxylic acids is 1. The van der Waals surface area contributed by atoms with Crippen molar-refractivity contribution in [1.29, 1.82) is 0 Å². The molecule has 1 fully saturated rings. The summed E-state index contributed by atoms with van der Waals surface area (Å²) in [4.78, 5) is 10.8. The molecule has 0 heterocycles. The van der Waals surface area contributed by atoms with Gasteiger partial charge in [-0.15, -0.1) is 0 Å². The average Bonchev–Trinajstić information content (AvgIpc) is 2.87. The molecule has 2 heteroatoms. The average molecular weight is 202 g/mol. The lowest BCUT2D eigenvalue weighted by Gasteiger charge is -2.06. The Hall–Kier alpha value is -1.31. The first-order chi connectivity index (χ1) is 7.27. The normalized spacial score (nSPS) is 27.5. The molecule has 3 rings (SSSR count). The molecular formula is C13H14O2. The van der Waals surface area contributed by atoms with Crippen molar-refractivity contribution < 1.29 is 9.90 Å². The fraction of sp³-hybridized carbons (Fsp3) is 0.462. The zero-order valence-corrected chi connectivity index (χ0v) is 8.57. The van der Waals surface area contributed by atoms with Crippen molar-refractivity contribution in [3.63, 3.8) is 0 Å². The lowest BCUT2D eigenvalue weighted by Crippen LogP contribution is -2.00. The fourth-order valence-electron chi connectivity index (χ4n) is 2.81. The van der Waals surface area contributed by atoms with E-state index in [1.165, 1.54) is 29.5 Å². The number of carbonyl (C=O) groups is 1. The van der Waals surface area contributed by atoms with Gasteiger partial charge in [-0.2, -0.15) is 0 Å². The monoisotopic (exact) mass is 202 g/mol. The molecule has 0 radical (unpaired) electrons. The third-order valence-electron chi connectivity index (χ3n) is 3.69. The molecular weight excluding hydrogens is 188 g/mol. The smallest absolute Gasteiger partial charge is 0.307 e. The van der Waals surface area contributed by atoms with E-state index in [9.17, 15) is 4.79 Å². The van der Waals surface area contributed by atoms with Gasteiger partial charge in [-0.3, -0.25) is 4.79 Å². The third kappa shape index (κ3) is 1.36. The molecule has 2 nitrogen and oxygen atoms in total. The van der Waals surface area contributed by atoms with E-state index in [0.29, 0.717) is 5.92 Å². The Kier molecular flexibility index (Phi) is 1.84. The molecule has 0 bridgehead atoms. The van der Waals surface area contributed by atoms with E-state index in [-0.39, 0.29) is 5.92 Å². The van der Waals surface area contributed by atoms with Crippen LogP contribution in [-0.2, 0) is 17.6 Å². The van der Waals surface area contributed by atoms with Crippen molar-refractivity contribution in [2.24, 2.45) is 5.92 Å². The van der Waals surface area contributed by atoms with Gasteiger partial charge < -0.3 is 5.11 Å². The Labute approximate surface area is 88.9 Å². The number of carboxylic acid groups (broad SMARTS) is 1. The van der Waals surface area contributed by atoms with E-state index in [0.717, 1.165) is 12.8 Å². The molecule has 0 aliphatic heterocycles. The summed E-state index contributed by atoms with van der Waals surface area (Å²) in [6.45, 7) is 0. The van der Waals surface area contributed by atoms with Gasteiger partial charge in [0.15, 0.2) is 0 Å². The van der Waals surface area contributed by atoms with E-state index in [2.05, 4.69) is 18.2 Å². The maximum Gasteiger partial charge on any atom is 0.307 e. The van der Waals surface area contributed by atoms with Gasteiger partial charge in [-0.25, -0.2) is 0 Å². The predicted octanol–water partition coefficient (Wildman–Crippen LogP) is 2.36. The standard InChI is InChI=1S/C13H14O2/c14-13(15)12-7-11(12)10-6-2-4-8-3-1-5-9(8)10/h2,4,6,11-12H,1,3,5,7H2,(H,14,15)/t11-,12+/m0/s1. The zero-order chi connectivity index (χ0) is 10.4. The summed E-state index contributed by atoms with van der Waals surface area (Å²) >= 11 is 0. The van der Waals surface area contributed by atoms with Gasteiger partial charge in [0, 0.05) is 0 Å². The van der Waals surface area contributed by atoms with Crippen molar-refractivity contribution in [3.8, 4) is 0 Å². The molecule has 2 aliphatic rings. The van der Waals surface area contributed by atoms with E-state index in [1.54, 1.807) is 0 Å². The zero-order valence-electron chi connectivity index (χ0n) is 8.57. The second kappa shape index (κ2) is 3.09. The van der Waals surface area contributed by atoms with E-state index >= 15 is 0 Å². The van der Waals surface area contributed by atoms with Gasteiger partial charge in [0.1, 0.15) is 0 Å². The lowest BCUT2D eigenvalue weighted by atomic mass is 9.99. The number of aryl methyl sites for hydroxylation is 1. The summed E-state index contributed by atoms with van der Waals surface area (Å²) in [6, 6.07) is 6.39. The van der Waals surface area contributed by atoms with Crippen LogP contribution in [0.2, 0.25) is 0 Å². The topological polar surface area (TPSA) is 37.3 Å². The van der Waals surface area contributed by atoms with E-state index in [4.69, 9.17) is 5.11 Å². The van der Waals surface area contributed by atoms with Crippen molar-refractivity contribution in [2.75, 3.05) is 0 Å². The summed E-state index contributed by atoms with van der Waals surface area (Å²) < 4.78 is 0. The van der Waals surface area contributed by atoms with E-state index < -0.39 is 5.97 Å². The number of hydrogen-bond acceptors (Lipinski definition) is 1. The highest BCUT2D eigenvalue weighted by molar-refractivity contribution is 5.75. The first-order valence-electron chi connectivity index (χ1n) is 5.61. The molecule has 1 saturated carbocycles. The molecule has 1 aromatic carbocycles. The van der Waals surface area contributed by atoms with Gasteiger partial charge in [-0.1, -0.05) is 18.2 Å². The molecule has 2 atom stereocenters. The Balaban J connectivity index is 1.94. The Morgan fingerprint density at radius 3 is 2.93 bits per heavy atom. The molecule has 0 unspecified atom stereocenters. The first-order valence-corrected chi connectivity index (χ1v) is 5.61. The maximum atomic E-state index is 10.8. The van der Waals surface area contributed by atoms with Gasteiger partial charge in [0.05, 0.1) is 5.92 Å². The molecule has 15 heavy (non-hydrogen) atoms. The van der Waals surface area contributed by atoms with Crippen LogP contribution in [0.15, 0.2) is 18.2 Å². The SMILES string of the molecule is O=C(O)[C@@H]1C[C@H]1c1cccc2c1CCC2. The molecule has 0 saturated heterocycles. The second-order valence-electron chi connectivity index (χ2n) is 4.63. The lowest BCUT2D eigenvalue weighted by molar-refractivity contribution is -0.138. The predicted molar refractivity (Wildman–Crippen MR) is 57.0 cm³/mol. The minimum Gasteiger partial charge on any atom is -0.481 e. The first kappa shape index (κ1) is 8.96. The summed E-state index contributed by atoms with van der Waals surface area (Å²) in [5, 5.41) is 8.93. The van der Waals surface area contributed by atoms with Crippen molar-refractivity contribution in [1.82, 2.24) is 0 Å². The molecule has 0 spiro atoms. The summed E-state index contributed by atoms with van der Waals surface area (Å²) in [5.41, 5.74) is 4.21. The van der Waals surface area contributed by atoms with Crippen molar-refractivity contribution >= 4 is 5.97 Å². The van der Waals surface area contributed by atoms with Crippen LogP contribution in [0.1, 0.15) is 35.4 Å². The Morgan fingerprint density at radius 1 is 1.33 bits per heavy atom. The number of rotatable bonds is 2. The fourth-order valence-corrected chi connectivity index (χ4v) is 2.81. The van der Waals surface area contributed by atoms with Gasteiger partial charge >= 0.3 is 5.97 Å². The van der Waals surface area contributed by atoms with Crippen LogP contribution < -0.4 is 0 Å². The molecule has 0 amide bonds. The molecule has 78 valence electrons. The highest BCUT2D eigenvalue weighted by Crippen LogP contribution is 2.49. The quantitative estimate of drug-likeness (QED) is 0.799. The van der Waals surface area contributed by atoms with Gasteiger partial charge in [-0.05, 0) is 48.3 Å². The molecule has 1 aromatic rings. The number of hydrogen-bond donors (Lipinski definition) is 1. The Bertz CT molecular complexity index is 423. The van der Waals surface area contributed by atoms with Gasteiger partial charge in [0.2, 0.25) is 0 Å². The third-order valence-corrected chi connectivity index (χ3v) is 3.69. The van der Waals surface area contributed by atoms with Gasteiger partial charge in [0.25, 0.3) is 0 Å². The minimum atomic E-state index is -0.629. The second-order valence-corrected chi connectivity index (χ2v) is 4.63. The molecule has 1 N–H and O–H groups in total. The van der Waals surface area contributed by atoms with Crippen LogP contribution in [0.3, 0.4) is 0 Å². The van der Waals surface area contributed by atoms with Crippen LogP contribution in [0.4, 0.5) is 0 Å². The van der Waals surface area contributed by atoms with Crippen LogP contribution in [-0.4, -0.2) is 11.1 Å². The van der Waals surface area contributed by atoms with Crippen LogP contribution in [0.25, 0.3) is 0 Å². The van der Waals surface area contributed by atoms with Crippen LogP contribution >= 0.6 is 0 Å².